The Bertz CT molecular complexity index is 986. The summed E-state index contributed by atoms with van der Waals surface area (Å²) < 4.78 is 1.73. The second kappa shape index (κ2) is 8.43. The molecule has 1 atom stereocenters. The lowest BCUT2D eigenvalue weighted by molar-refractivity contribution is 0.0770. The summed E-state index contributed by atoms with van der Waals surface area (Å²) >= 11 is 0. The molecule has 0 saturated carbocycles. The van der Waals surface area contributed by atoms with Crippen molar-refractivity contribution in [3.8, 4) is 5.69 Å². The highest BCUT2D eigenvalue weighted by Gasteiger charge is 2.36. The van der Waals surface area contributed by atoms with Gasteiger partial charge in [-0.3, -0.25) is 9.78 Å². The molecule has 2 N–H and O–H groups in total. The molecule has 1 aromatic carbocycles. The van der Waals surface area contributed by atoms with Crippen LogP contribution in [0.3, 0.4) is 0 Å². The van der Waals surface area contributed by atoms with Gasteiger partial charge in [0.1, 0.15) is 0 Å². The van der Waals surface area contributed by atoms with Crippen LogP contribution in [0.1, 0.15) is 29.5 Å². The molecule has 0 radical (unpaired) electrons. The van der Waals surface area contributed by atoms with Gasteiger partial charge in [0.25, 0.3) is 5.91 Å². The summed E-state index contributed by atoms with van der Waals surface area (Å²) in [6.45, 7) is 5.94. The molecule has 0 spiro atoms. The van der Waals surface area contributed by atoms with E-state index in [1.165, 1.54) is 0 Å². The lowest BCUT2D eigenvalue weighted by atomic mass is 9.90. The monoisotopic (exact) mass is 422 g/mol. The number of benzene rings is 1. The number of aromatic nitrogens is 4. The number of carbonyl (C=O) groups is 1. The third-order valence-corrected chi connectivity index (χ3v) is 5.32. The Labute approximate surface area is 176 Å². The molecule has 7 nitrogen and oxygen atoms in total. The van der Waals surface area contributed by atoms with Crippen LogP contribution in [0.4, 0.5) is 0 Å². The molecule has 0 aliphatic carbocycles. The Hall–Kier alpha value is -2.22. The predicted molar refractivity (Wildman–Crippen MR) is 114 cm³/mol. The average molecular weight is 423 g/mol. The van der Waals surface area contributed by atoms with Crippen LogP contribution >= 0.6 is 24.8 Å². The van der Waals surface area contributed by atoms with Crippen molar-refractivity contribution >= 4 is 41.5 Å². The molecule has 150 valence electrons. The normalized spacial score (nSPS) is 18.6. The molecule has 9 heteroatoms. The highest BCUT2D eigenvalue weighted by atomic mass is 35.5. The van der Waals surface area contributed by atoms with Crippen molar-refractivity contribution in [2.75, 3.05) is 19.6 Å². The topological polar surface area (TPSA) is 89.9 Å². The second-order valence-corrected chi connectivity index (χ2v) is 7.30. The first-order valence-electron chi connectivity index (χ1n) is 8.77. The molecule has 2 aromatic heterocycles. The van der Waals surface area contributed by atoms with Gasteiger partial charge in [-0.1, -0.05) is 24.3 Å². The number of carbonyl (C=O) groups excluding carboxylic acids is 1. The number of hydrogen-bond donors (Lipinski definition) is 1. The summed E-state index contributed by atoms with van der Waals surface area (Å²) in [6, 6.07) is 7.87. The summed E-state index contributed by atoms with van der Waals surface area (Å²) in [5.41, 5.74) is 7.87. The summed E-state index contributed by atoms with van der Waals surface area (Å²) in [6.07, 6.45) is 4.48. The fraction of sp³-hybridized carbons (Fsp3) is 0.368. The van der Waals surface area contributed by atoms with Crippen molar-refractivity contribution in [1.29, 1.82) is 0 Å². The highest BCUT2D eigenvalue weighted by Crippen LogP contribution is 2.30. The molecule has 4 rings (SSSR count). The van der Waals surface area contributed by atoms with E-state index >= 15 is 0 Å². The fourth-order valence-electron chi connectivity index (χ4n) is 3.56. The van der Waals surface area contributed by atoms with E-state index in [-0.39, 0.29) is 36.1 Å². The summed E-state index contributed by atoms with van der Waals surface area (Å²) in [7, 11) is 0. The van der Waals surface area contributed by atoms with Gasteiger partial charge in [0.05, 0.1) is 11.4 Å². The molecule has 28 heavy (non-hydrogen) atoms. The van der Waals surface area contributed by atoms with Gasteiger partial charge in [0, 0.05) is 36.3 Å². The van der Waals surface area contributed by atoms with E-state index in [4.69, 9.17) is 5.73 Å². The number of halogens is 2. The van der Waals surface area contributed by atoms with Crippen LogP contribution in [-0.4, -0.2) is 50.4 Å². The number of nitrogens with zero attached hydrogens (tertiary/aromatic N) is 5. The maximum atomic E-state index is 12.9. The van der Waals surface area contributed by atoms with Gasteiger partial charge in [-0.25, -0.2) is 4.68 Å². The Morgan fingerprint density at radius 3 is 2.79 bits per heavy atom. The van der Waals surface area contributed by atoms with Crippen molar-refractivity contribution < 1.29 is 4.79 Å². The number of nitrogens with two attached hydrogens (primary N) is 1. The predicted octanol–water partition coefficient (Wildman–Crippen LogP) is 2.78. The molecule has 1 amide bonds. The second-order valence-electron chi connectivity index (χ2n) is 7.30. The van der Waals surface area contributed by atoms with Crippen LogP contribution in [0.5, 0.6) is 0 Å². The van der Waals surface area contributed by atoms with Crippen molar-refractivity contribution in [2.45, 2.75) is 20.3 Å². The zero-order valence-corrected chi connectivity index (χ0v) is 17.5. The number of rotatable bonds is 3. The zero-order chi connectivity index (χ0) is 18.3. The molecular weight excluding hydrogens is 399 g/mol. The van der Waals surface area contributed by atoms with Crippen LogP contribution < -0.4 is 5.73 Å². The highest BCUT2D eigenvalue weighted by molar-refractivity contribution is 5.94. The lowest BCUT2D eigenvalue weighted by Crippen LogP contribution is -2.35. The molecule has 1 aliphatic heterocycles. The summed E-state index contributed by atoms with van der Waals surface area (Å²) in [5, 5.41) is 10.5. The quantitative estimate of drug-likeness (QED) is 0.700. The molecular formula is C19H24Cl2N6O. The Kier molecular flexibility index (Phi) is 6.64. The number of hydrogen-bond acceptors (Lipinski definition) is 5. The maximum Gasteiger partial charge on any atom is 0.276 e. The minimum absolute atomic E-state index is 0. The minimum Gasteiger partial charge on any atom is -0.337 e. The molecule has 3 heterocycles. The van der Waals surface area contributed by atoms with Gasteiger partial charge in [0.15, 0.2) is 5.69 Å². The van der Waals surface area contributed by atoms with Crippen molar-refractivity contribution in [2.24, 2.45) is 11.1 Å². The van der Waals surface area contributed by atoms with E-state index in [1.54, 1.807) is 10.9 Å². The van der Waals surface area contributed by atoms with E-state index in [2.05, 4.69) is 22.2 Å². The maximum absolute atomic E-state index is 12.9. The van der Waals surface area contributed by atoms with Gasteiger partial charge >= 0.3 is 0 Å². The lowest BCUT2D eigenvalue weighted by Gasteiger charge is -2.22. The molecule has 3 aromatic rings. The van der Waals surface area contributed by atoms with Crippen molar-refractivity contribution in [3.05, 3.63) is 48.0 Å². The van der Waals surface area contributed by atoms with Crippen LogP contribution in [0, 0.1) is 12.3 Å². The fourth-order valence-corrected chi connectivity index (χ4v) is 3.56. The van der Waals surface area contributed by atoms with Gasteiger partial charge in [-0.05, 0) is 37.4 Å². The molecule has 1 unspecified atom stereocenters. The van der Waals surface area contributed by atoms with Gasteiger partial charge in [-0.2, -0.15) is 0 Å². The summed E-state index contributed by atoms with van der Waals surface area (Å²) in [5.74, 6) is -0.0761. The van der Waals surface area contributed by atoms with E-state index < -0.39 is 0 Å². The zero-order valence-electron chi connectivity index (χ0n) is 15.8. The van der Waals surface area contributed by atoms with Gasteiger partial charge < -0.3 is 10.6 Å². The first-order valence-corrected chi connectivity index (χ1v) is 8.77. The third-order valence-electron chi connectivity index (χ3n) is 5.32. The van der Waals surface area contributed by atoms with Crippen LogP contribution in [-0.2, 0) is 0 Å². The van der Waals surface area contributed by atoms with Crippen LogP contribution in [0.15, 0.2) is 36.7 Å². The van der Waals surface area contributed by atoms with Gasteiger partial charge in [0.2, 0.25) is 0 Å². The SMILES string of the molecule is Cc1c(C(=O)N2CCC(C)(CN)C2)nnn1-c1cccc2cnccc12.Cl.Cl. The standard InChI is InChI=1S/C19H22N6O.2ClH/c1-13-17(18(26)24-9-7-19(2,11-20)12-24)22-23-25(13)16-5-3-4-14-10-21-8-6-15(14)16;;/h3-6,8,10H,7,9,11-12,20H2,1-2H3;2*1H. The van der Waals surface area contributed by atoms with E-state index in [9.17, 15) is 4.79 Å². The van der Waals surface area contributed by atoms with E-state index in [0.29, 0.717) is 25.3 Å². The molecule has 1 aliphatic rings. The van der Waals surface area contributed by atoms with Crippen LogP contribution in [0.25, 0.3) is 16.5 Å². The molecule has 0 bridgehead atoms. The van der Waals surface area contributed by atoms with Crippen molar-refractivity contribution in [1.82, 2.24) is 24.9 Å². The molecule has 1 fully saturated rings. The Morgan fingerprint density at radius 2 is 2.07 bits per heavy atom. The average Bonchev–Trinajstić information content (AvgIpc) is 3.24. The molecule has 1 saturated heterocycles. The largest absolute Gasteiger partial charge is 0.337 e. The Morgan fingerprint density at radius 1 is 1.29 bits per heavy atom. The Balaban J connectivity index is 0.00000140. The number of fused-ring (bicyclic) bond motifs is 1. The number of likely N-dealkylation sites (tertiary alicyclic amines) is 1. The van der Waals surface area contributed by atoms with E-state index in [0.717, 1.165) is 28.6 Å². The smallest absolute Gasteiger partial charge is 0.276 e. The first kappa shape index (κ1) is 22.1. The van der Waals surface area contributed by atoms with Crippen LogP contribution in [0.2, 0.25) is 0 Å². The summed E-state index contributed by atoms with van der Waals surface area (Å²) in [4.78, 5) is 18.9. The minimum atomic E-state index is -0.0761. The third kappa shape index (κ3) is 3.70. The van der Waals surface area contributed by atoms with Crippen molar-refractivity contribution in [3.63, 3.8) is 0 Å². The number of amides is 1. The first-order chi connectivity index (χ1) is 12.5. The van der Waals surface area contributed by atoms with Gasteiger partial charge in [-0.15, -0.1) is 29.9 Å². The van der Waals surface area contributed by atoms with E-state index in [1.807, 2.05) is 42.3 Å². The number of pyridine rings is 1.